The first-order valence-corrected chi connectivity index (χ1v) is 10.3. The minimum Gasteiger partial charge on any atom is -0.492 e. The number of piperazine rings is 1. The number of likely N-dealkylation sites (N-methyl/N-ethyl adjacent to an activating group) is 1. The molecule has 1 aliphatic heterocycles. The highest BCUT2D eigenvalue weighted by atomic mass is 35.5. The molecule has 0 atom stereocenters. The molecule has 7 nitrogen and oxygen atoms in total. The molecule has 0 aliphatic carbocycles. The van der Waals surface area contributed by atoms with Crippen LogP contribution in [0.3, 0.4) is 0 Å². The van der Waals surface area contributed by atoms with Crippen molar-refractivity contribution in [2.45, 2.75) is 0 Å². The quantitative estimate of drug-likeness (QED) is 0.582. The van der Waals surface area contributed by atoms with Crippen LogP contribution in [0, 0.1) is 5.82 Å². The Kier molecular flexibility index (Phi) is 6.39. The molecule has 1 fully saturated rings. The summed E-state index contributed by atoms with van der Waals surface area (Å²) in [7, 11) is 3.51. The van der Waals surface area contributed by atoms with Crippen molar-refractivity contribution in [3.8, 4) is 5.75 Å². The standard InChI is InChI=1S/C22H24ClFN6O/c1-29-10-12-30(13-11-29)18-9-8-17(20(31-2)19(18)24)27-22-25-14-16(23)21(28-22)26-15-6-4-3-5-7-15/h3-9,14H,10-13H2,1-2H3,(H2,25,26,27,28). The van der Waals surface area contributed by atoms with Gasteiger partial charge in [-0.3, -0.25) is 0 Å². The zero-order chi connectivity index (χ0) is 21.8. The summed E-state index contributed by atoms with van der Waals surface area (Å²) in [6, 6.07) is 13.1. The summed E-state index contributed by atoms with van der Waals surface area (Å²) in [6.07, 6.45) is 1.49. The molecule has 3 aromatic rings. The highest BCUT2D eigenvalue weighted by molar-refractivity contribution is 6.32. The average molecular weight is 443 g/mol. The van der Waals surface area contributed by atoms with Gasteiger partial charge in [0.1, 0.15) is 5.02 Å². The molecular formula is C22H24ClFN6O. The first-order chi connectivity index (χ1) is 15.0. The molecule has 2 heterocycles. The Labute approximate surface area is 185 Å². The molecule has 2 aromatic carbocycles. The van der Waals surface area contributed by atoms with Crippen LogP contribution < -0.4 is 20.3 Å². The second-order valence-corrected chi connectivity index (χ2v) is 7.68. The second-order valence-electron chi connectivity index (χ2n) is 7.28. The Bertz CT molecular complexity index is 1040. The SMILES string of the molecule is COc1c(Nc2ncc(Cl)c(Nc3ccccc3)n2)ccc(N2CCN(C)CC2)c1F. The largest absolute Gasteiger partial charge is 0.492 e. The molecule has 0 amide bonds. The molecule has 0 spiro atoms. The Hall–Kier alpha value is -3.10. The lowest BCUT2D eigenvalue weighted by atomic mass is 10.2. The summed E-state index contributed by atoms with van der Waals surface area (Å²) in [4.78, 5) is 12.9. The fourth-order valence-electron chi connectivity index (χ4n) is 3.43. The van der Waals surface area contributed by atoms with Crippen LogP contribution in [-0.2, 0) is 0 Å². The third-order valence-electron chi connectivity index (χ3n) is 5.15. The maximum atomic E-state index is 15.3. The van der Waals surface area contributed by atoms with Crippen LogP contribution in [0.4, 0.5) is 33.2 Å². The zero-order valence-corrected chi connectivity index (χ0v) is 18.2. The highest BCUT2D eigenvalue weighted by Gasteiger charge is 2.22. The molecule has 1 aromatic heterocycles. The lowest BCUT2D eigenvalue weighted by Crippen LogP contribution is -2.44. The van der Waals surface area contributed by atoms with Crippen LogP contribution in [-0.4, -0.2) is 55.2 Å². The predicted molar refractivity (Wildman–Crippen MR) is 123 cm³/mol. The lowest BCUT2D eigenvalue weighted by molar-refractivity contribution is 0.311. The van der Waals surface area contributed by atoms with E-state index in [9.17, 15) is 0 Å². The van der Waals surface area contributed by atoms with E-state index >= 15 is 4.39 Å². The fraction of sp³-hybridized carbons (Fsp3) is 0.273. The van der Waals surface area contributed by atoms with Gasteiger partial charge >= 0.3 is 0 Å². The molecule has 0 radical (unpaired) electrons. The minimum atomic E-state index is -0.409. The normalized spacial score (nSPS) is 14.4. The molecule has 0 bridgehead atoms. The topological polar surface area (TPSA) is 65.5 Å². The van der Waals surface area contributed by atoms with E-state index in [0.717, 1.165) is 31.9 Å². The van der Waals surface area contributed by atoms with Gasteiger partial charge in [-0.05, 0) is 31.3 Å². The van der Waals surface area contributed by atoms with Crippen molar-refractivity contribution in [3.05, 3.63) is 59.5 Å². The van der Waals surface area contributed by atoms with E-state index in [1.54, 1.807) is 12.1 Å². The van der Waals surface area contributed by atoms with E-state index in [-0.39, 0.29) is 11.7 Å². The van der Waals surface area contributed by atoms with E-state index < -0.39 is 5.82 Å². The van der Waals surface area contributed by atoms with Crippen LogP contribution in [0.25, 0.3) is 0 Å². The molecule has 1 aliphatic rings. The molecular weight excluding hydrogens is 419 g/mol. The molecule has 1 saturated heterocycles. The molecule has 9 heteroatoms. The average Bonchev–Trinajstić information content (AvgIpc) is 2.78. The van der Waals surface area contributed by atoms with E-state index in [0.29, 0.717) is 22.2 Å². The Morgan fingerprint density at radius 2 is 1.77 bits per heavy atom. The van der Waals surface area contributed by atoms with Crippen LogP contribution in [0.2, 0.25) is 5.02 Å². The number of hydrogen-bond acceptors (Lipinski definition) is 7. The Balaban J connectivity index is 1.57. The van der Waals surface area contributed by atoms with Gasteiger partial charge in [0, 0.05) is 31.9 Å². The predicted octanol–water partition coefficient (Wildman–Crippen LogP) is 4.52. The Morgan fingerprint density at radius 1 is 1.03 bits per heavy atom. The second kappa shape index (κ2) is 9.36. The van der Waals surface area contributed by atoms with Crippen molar-refractivity contribution in [1.82, 2.24) is 14.9 Å². The number of aromatic nitrogens is 2. The van der Waals surface area contributed by atoms with Gasteiger partial charge in [0.25, 0.3) is 0 Å². The van der Waals surface area contributed by atoms with Crippen molar-refractivity contribution >= 4 is 40.4 Å². The maximum Gasteiger partial charge on any atom is 0.229 e. The first-order valence-electron chi connectivity index (χ1n) is 9.97. The summed E-state index contributed by atoms with van der Waals surface area (Å²) >= 11 is 6.24. The number of anilines is 5. The number of ether oxygens (including phenoxy) is 1. The number of nitrogens with one attached hydrogen (secondary N) is 2. The van der Waals surface area contributed by atoms with Gasteiger partial charge in [0.2, 0.25) is 5.95 Å². The van der Waals surface area contributed by atoms with Crippen LogP contribution in [0.5, 0.6) is 5.75 Å². The van der Waals surface area contributed by atoms with Crippen molar-refractivity contribution in [3.63, 3.8) is 0 Å². The van der Waals surface area contributed by atoms with Crippen LogP contribution in [0.15, 0.2) is 48.7 Å². The zero-order valence-electron chi connectivity index (χ0n) is 17.4. The smallest absolute Gasteiger partial charge is 0.229 e. The third-order valence-corrected chi connectivity index (χ3v) is 5.43. The summed E-state index contributed by atoms with van der Waals surface area (Å²) in [6.45, 7) is 3.30. The van der Waals surface area contributed by atoms with Crippen LogP contribution in [0.1, 0.15) is 0 Å². The number of para-hydroxylation sites is 1. The van der Waals surface area contributed by atoms with Gasteiger partial charge in [-0.25, -0.2) is 9.37 Å². The van der Waals surface area contributed by atoms with Crippen molar-refractivity contribution in [2.24, 2.45) is 0 Å². The molecule has 0 unspecified atom stereocenters. The maximum absolute atomic E-state index is 15.3. The van der Waals surface area contributed by atoms with Gasteiger partial charge in [-0.1, -0.05) is 29.8 Å². The van der Waals surface area contributed by atoms with E-state index in [2.05, 4.69) is 32.5 Å². The van der Waals surface area contributed by atoms with Gasteiger partial charge in [-0.2, -0.15) is 4.98 Å². The summed E-state index contributed by atoms with van der Waals surface area (Å²) in [5.41, 5.74) is 1.80. The molecule has 2 N–H and O–H groups in total. The number of hydrogen-bond donors (Lipinski definition) is 2. The molecule has 162 valence electrons. The van der Waals surface area contributed by atoms with Crippen molar-refractivity contribution < 1.29 is 9.13 Å². The Morgan fingerprint density at radius 3 is 2.48 bits per heavy atom. The van der Waals surface area contributed by atoms with Gasteiger partial charge in [0.15, 0.2) is 17.4 Å². The van der Waals surface area contributed by atoms with E-state index in [1.807, 2.05) is 35.2 Å². The van der Waals surface area contributed by atoms with Crippen molar-refractivity contribution in [2.75, 3.05) is 55.9 Å². The van der Waals surface area contributed by atoms with Gasteiger partial charge in [0.05, 0.1) is 24.7 Å². The monoisotopic (exact) mass is 442 g/mol. The van der Waals surface area contributed by atoms with Gasteiger partial charge in [-0.15, -0.1) is 0 Å². The fourth-order valence-corrected chi connectivity index (χ4v) is 3.57. The molecule has 0 saturated carbocycles. The molecule has 4 rings (SSSR count). The summed E-state index contributed by atoms with van der Waals surface area (Å²) < 4.78 is 20.6. The van der Waals surface area contributed by atoms with Gasteiger partial charge < -0.3 is 25.2 Å². The number of nitrogens with zero attached hydrogens (tertiary/aromatic N) is 4. The van der Waals surface area contributed by atoms with E-state index in [1.165, 1.54) is 13.3 Å². The number of methoxy groups -OCH3 is 1. The van der Waals surface area contributed by atoms with E-state index in [4.69, 9.17) is 16.3 Å². The number of benzene rings is 2. The minimum absolute atomic E-state index is 0.118. The van der Waals surface area contributed by atoms with Crippen molar-refractivity contribution in [1.29, 1.82) is 0 Å². The molecule has 31 heavy (non-hydrogen) atoms. The first kappa shape index (κ1) is 21.1. The third kappa shape index (κ3) is 4.81. The lowest BCUT2D eigenvalue weighted by Gasteiger charge is -2.34. The summed E-state index contributed by atoms with van der Waals surface area (Å²) in [5.74, 6) is 0.424. The summed E-state index contributed by atoms with van der Waals surface area (Å²) in [5, 5.41) is 6.57. The number of halogens is 2. The highest BCUT2D eigenvalue weighted by Crippen LogP contribution is 2.36. The van der Waals surface area contributed by atoms with Crippen LogP contribution >= 0.6 is 11.6 Å². The number of rotatable bonds is 6.